The van der Waals surface area contributed by atoms with E-state index in [2.05, 4.69) is 0 Å². The summed E-state index contributed by atoms with van der Waals surface area (Å²) in [4.78, 5) is 0. The maximum absolute atomic E-state index is 5.52. The third kappa shape index (κ3) is 4.37. The first kappa shape index (κ1) is 8.86. The summed E-state index contributed by atoms with van der Waals surface area (Å²) in [5, 5.41) is 1.20. The molecular formula is C6H9Cl2N. The second-order valence-corrected chi connectivity index (χ2v) is 2.88. The molecule has 0 spiro atoms. The first-order chi connectivity index (χ1) is 4.04. The predicted octanol–water partition coefficient (Wildman–Crippen LogP) is 2.56. The SMILES string of the molecule is C/C(Cl)=C(N)\C=C(/C)Cl. The van der Waals surface area contributed by atoms with Crippen LogP contribution in [0, 0.1) is 0 Å². The highest BCUT2D eigenvalue weighted by molar-refractivity contribution is 6.31. The molecule has 9 heavy (non-hydrogen) atoms. The molecular weight excluding hydrogens is 157 g/mol. The third-order valence-electron chi connectivity index (χ3n) is 0.752. The summed E-state index contributed by atoms with van der Waals surface area (Å²) in [6.07, 6.45) is 1.61. The van der Waals surface area contributed by atoms with Crippen LogP contribution in [-0.4, -0.2) is 0 Å². The lowest BCUT2D eigenvalue weighted by Gasteiger charge is -1.92. The molecule has 0 aliphatic carbocycles. The smallest absolute Gasteiger partial charge is 0.0470 e. The van der Waals surface area contributed by atoms with Crippen LogP contribution in [0.25, 0.3) is 0 Å². The zero-order valence-electron chi connectivity index (χ0n) is 5.41. The minimum atomic E-state index is 0.518. The second kappa shape index (κ2) is 3.80. The van der Waals surface area contributed by atoms with Crippen molar-refractivity contribution in [1.29, 1.82) is 0 Å². The van der Waals surface area contributed by atoms with Gasteiger partial charge in [-0.15, -0.1) is 0 Å². The van der Waals surface area contributed by atoms with Gasteiger partial charge < -0.3 is 5.73 Å². The lowest BCUT2D eigenvalue weighted by molar-refractivity contribution is 1.35. The van der Waals surface area contributed by atoms with Crippen LogP contribution in [0.15, 0.2) is 21.8 Å². The Morgan fingerprint density at radius 3 is 1.89 bits per heavy atom. The fraction of sp³-hybridized carbons (Fsp3) is 0.333. The Morgan fingerprint density at radius 2 is 1.78 bits per heavy atom. The molecule has 0 heterocycles. The predicted molar refractivity (Wildman–Crippen MR) is 42.4 cm³/mol. The maximum atomic E-state index is 5.52. The molecule has 1 nitrogen and oxygen atoms in total. The van der Waals surface area contributed by atoms with Crippen LogP contribution in [0.1, 0.15) is 13.8 Å². The number of rotatable bonds is 1. The van der Waals surface area contributed by atoms with Gasteiger partial charge >= 0.3 is 0 Å². The topological polar surface area (TPSA) is 26.0 Å². The highest BCUT2D eigenvalue weighted by atomic mass is 35.5. The van der Waals surface area contributed by atoms with E-state index >= 15 is 0 Å². The van der Waals surface area contributed by atoms with E-state index in [1.165, 1.54) is 0 Å². The standard InChI is InChI=1S/C6H9Cl2N/c1-4(7)3-6(9)5(2)8/h3H,9H2,1-2H3/b4-3+,6-5-. The number of halogens is 2. The van der Waals surface area contributed by atoms with Crippen LogP contribution in [0.5, 0.6) is 0 Å². The molecule has 3 heteroatoms. The molecule has 0 aliphatic rings. The van der Waals surface area contributed by atoms with Crippen molar-refractivity contribution in [3.63, 3.8) is 0 Å². The largest absolute Gasteiger partial charge is 0.398 e. The van der Waals surface area contributed by atoms with Crippen LogP contribution < -0.4 is 5.73 Å². The lowest BCUT2D eigenvalue weighted by Crippen LogP contribution is -1.93. The molecule has 0 aliphatic heterocycles. The summed E-state index contributed by atoms with van der Waals surface area (Å²) < 4.78 is 0. The van der Waals surface area contributed by atoms with Crippen molar-refractivity contribution in [2.75, 3.05) is 0 Å². The van der Waals surface area contributed by atoms with E-state index in [-0.39, 0.29) is 0 Å². The van der Waals surface area contributed by atoms with Gasteiger partial charge in [-0.2, -0.15) is 0 Å². The molecule has 0 amide bonds. The summed E-state index contributed by atoms with van der Waals surface area (Å²) in [5.41, 5.74) is 5.92. The molecule has 0 aromatic rings. The fourth-order valence-electron chi connectivity index (χ4n) is 0.314. The molecule has 0 radical (unpaired) electrons. The quantitative estimate of drug-likeness (QED) is 0.595. The Kier molecular flexibility index (Phi) is 3.75. The summed E-state index contributed by atoms with van der Waals surface area (Å²) >= 11 is 11.0. The minimum absolute atomic E-state index is 0.518. The van der Waals surface area contributed by atoms with Crippen LogP contribution >= 0.6 is 23.2 Å². The zero-order valence-corrected chi connectivity index (χ0v) is 6.92. The van der Waals surface area contributed by atoms with Gasteiger partial charge in [-0.25, -0.2) is 0 Å². The molecule has 0 aromatic carbocycles. The third-order valence-corrected chi connectivity index (χ3v) is 1.08. The van der Waals surface area contributed by atoms with E-state index < -0.39 is 0 Å². The Morgan fingerprint density at radius 1 is 1.33 bits per heavy atom. The van der Waals surface area contributed by atoms with Gasteiger partial charge in [0.1, 0.15) is 0 Å². The monoisotopic (exact) mass is 165 g/mol. The average molecular weight is 166 g/mol. The van der Waals surface area contributed by atoms with Crippen molar-refractivity contribution in [2.45, 2.75) is 13.8 Å². The van der Waals surface area contributed by atoms with Crippen LogP contribution in [0.4, 0.5) is 0 Å². The first-order valence-corrected chi connectivity index (χ1v) is 3.25. The van der Waals surface area contributed by atoms with E-state index in [1.807, 2.05) is 0 Å². The highest BCUT2D eigenvalue weighted by Gasteiger charge is 1.88. The molecule has 2 N–H and O–H groups in total. The van der Waals surface area contributed by atoms with Crippen LogP contribution in [0.3, 0.4) is 0 Å². The molecule has 0 aromatic heterocycles. The molecule has 0 atom stereocenters. The van der Waals surface area contributed by atoms with Gasteiger partial charge in [-0.05, 0) is 19.9 Å². The Labute approximate surface area is 65.1 Å². The lowest BCUT2D eigenvalue weighted by atomic mass is 10.4. The minimum Gasteiger partial charge on any atom is -0.398 e. The number of hydrogen-bond donors (Lipinski definition) is 1. The van der Waals surface area contributed by atoms with Crippen molar-refractivity contribution < 1.29 is 0 Å². The molecule has 0 rings (SSSR count). The van der Waals surface area contributed by atoms with Crippen molar-refractivity contribution in [1.82, 2.24) is 0 Å². The van der Waals surface area contributed by atoms with Crippen molar-refractivity contribution in [3.8, 4) is 0 Å². The molecule has 52 valence electrons. The summed E-state index contributed by atoms with van der Waals surface area (Å²) in [5.74, 6) is 0. The normalized spacial score (nSPS) is 15.3. The van der Waals surface area contributed by atoms with Gasteiger partial charge in [0.2, 0.25) is 0 Å². The Bertz CT molecular complexity index is 150. The average Bonchev–Trinajstić information content (AvgIpc) is 1.63. The van der Waals surface area contributed by atoms with E-state index in [9.17, 15) is 0 Å². The van der Waals surface area contributed by atoms with E-state index in [0.717, 1.165) is 0 Å². The molecule has 0 saturated heterocycles. The van der Waals surface area contributed by atoms with Gasteiger partial charge in [-0.1, -0.05) is 23.2 Å². The first-order valence-electron chi connectivity index (χ1n) is 2.49. The number of allylic oxidation sites excluding steroid dienone is 3. The van der Waals surface area contributed by atoms with E-state index in [1.54, 1.807) is 19.9 Å². The molecule has 0 bridgehead atoms. The van der Waals surface area contributed by atoms with Gasteiger partial charge in [-0.3, -0.25) is 0 Å². The van der Waals surface area contributed by atoms with Crippen molar-refractivity contribution >= 4 is 23.2 Å². The highest BCUT2D eigenvalue weighted by Crippen LogP contribution is 2.08. The summed E-state index contributed by atoms with van der Waals surface area (Å²) in [6.45, 7) is 3.46. The Balaban J connectivity index is 4.25. The maximum Gasteiger partial charge on any atom is 0.0470 e. The molecule has 0 unspecified atom stereocenters. The number of nitrogens with two attached hydrogens (primary N) is 1. The van der Waals surface area contributed by atoms with E-state index in [4.69, 9.17) is 28.9 Å². The fourth-order valence-corrected chi connectivity index (χ4v) is 0.486. The Hall–Kier alpha value is -0.140. The van der Waals surface area contributed by atoms with Gasteiger partial charge in [0.05, 0.1) is 0 Å². The molecule has 0 fully saturated rings. The zero-order chi connectivity index (χ0) is 7.44. The van der Waals surface area contributed by atoms with Gasteiger partial charge in [0.15, 0.2) is 0 Å². The summed E-state index contributed by atoms with van der Waals surface area (Å²) in [7, 11) is 0. The van der Waals surface area contributed by atoms with Crippen molar-refractivity contribution in [3.05, 3.63) is 21.8 Å². The van der Waals surface area contributed by atoms with Crippen LogP contribution in [-0.2, 0) is 0 Å². The summed E-state index contributed by atoms with van der Waals surface area (Å²) in [6, 6.07) is 0. The van der Waals surface area contributed by atoms with Crippen molar-refractivity contribution in [2.24, 2.45) is 5.73 Å². The van der Waals surface area contributed by atoms with Gasteiger partial charge in [0.25, 0.3) is 0 Å². The van der Waals surface area contributed by atoms with E-state index in [0.29, 0.717) is 15.8 Å². The van der Waals surface area contributed by atoms with Gasteiger partial charge in [0, 0.05) is 15.8 Å². The van der Waals surface area contributed by atoms with Crippen LogP contribution in [0.2, 0.25) is 0 Å². The molecule has 0 saturated carbocycles. The second-order valence-electron chi connectivity index (χ2n) is 1.72. The number of hydrogen-bond acceptors (Lipinski definition) is 1.